The highest BCUT2D eigenvalue weighted by Gasteiger charge is 2.26. The van der Waals surface area contributed by atoms with Crippen LogP contribution in [0.25, 0.3) is 0 Å². The zero-order chi connectivity index (χ0) is 17.3. The van der Waals surface area contributed by atoms with Gasteiger partial charge < -0.3 is 20.1 Å². The maximum Gasteiger partial charge on any atom is 0.258 e. The van der Waals surface area contributed by atoms with Crippen molar-refractivity contribution in [3.05, 3.63) is 47.0 Å². The minimum atomic E-state index is -0.0417. The number of ether oxygens (including phenoxy) is 2. The number of nitrogens with zero attached hydrogens (tertiary/aromatic N) is 1. The Morgan fingerprint density at radius 3 is 2.52 bits per heavy atom. The number of methoxy groups -OCH3 is 2. The molecule has 2 N–H and O–H groups in total. The minimum Gasteiger partial charge on any atom is -0.493 e. The molecule has 2 aromatic rings. The van der Waals surface area contributed by atoms with Gasteiger partial charge in [0.15, 0.2) is 11.5 Å². The van der Waals surface area contributed by atoms with Gasteiger partial charge in [0.1, 0.15) is 0 Å². The van der Waals surface area contributed by atoms with Crippen LogP contribution < -0.4 is 20.1 Å². The third-order valence-electron chi connectivity index (χ3n) is 4.49. The Hall–Kier alpha value is -2.40. The summed E-state index contributed by atoms with van der Waals surface area (Å²) in [7, 11) is 3.15. The van der Waals surface area contributed by atoms with E-state index in [2.05, 4.69) is 0 Å². The molecule has 134 valence electrons. The highest BCUT2D eigenvalue weighted by molar-refractivity contribution is 6.08. The minimum absolute atomic E-state index is 0. The summed E-state index contributed by atoms with van der Waals surface area (Å²) >= 11 is 0. The molecule has 1 amide bonds. The summed E-state index contributed by atoms with van der Waals surface area (Å²) in [6.07, 6.45) is 1.80. The van der Waals surface area contributed by atoms with Gasteiger partial charge in [-0.3, -0.25) is 4.79 Å². The van der Waals surface area contributed by atoms with Gasteiger partial charge in [0.05, 0.1) is 14.2 Å². The third kappa shape index (κ3) is 3.37. The molecule has 0 aromatic heterocycles. The third-order valence-corrected chi connectivity index (χ3v) is 4.49. The van der Waals surface area contributed by atoms with Crippen molar-refractivity contribution >= 4 is 29.7 Å². The molecule has 0 unspecified atom stereocenters. The van der Waals surface area contributed by atoms with E-state index in [9.17, 15) is 4.79 Å². The molecule has 0 saturated heterocycles. The Labute approximate surface area is 154 Å². The molecule has 3 rings (SSSR count). The lowest BCUT2D eigenvalue weighted by Crippen LogP contribution is -2.36. The van der Waals surface area contributed by atoms with Crippen molar-refractivity contribution in [1.82, 2.24) is 0 Å². The average molecular weight is 363 g/mol. The van der Waals surface area contributed by atoms with E-state index in [4.69, 9.17) is 15.2 Å². The van der Waals surface area contributed by atoms with Gasteiger partial charge in [0.25, 0.3) is 5.91 Å². The van der Waals surface area contributed by atoms with E-state index in [1.165, 1.54) is 0 Å². The van der Waals surface area contributed by atoms with Crippen molar-refractivity contribution in [2.75, 3.05) is 31.4 Å². The van der Waals surface area contributed by atoms with Crippen molar-refractivity contribution in [3.63, 3.8) is 0 Å². The zero-order valence-corrected chi connectivity index (χ0v) is 15.5. The smallest absolute Gasteiger partial charge is 0.258 e. The van der Waals surface area contributed by atoms with Crippen LogP contribution in [0.4, 0.5) is 11.4 Å². The number of fused-ring (bicyclic) bond motifs is 1. The first-order valence-electron chi connectivity index (χ1n) is 7.98. The normalized spacial score (nSPS) is 12.8. The zero-order valence-electron chi connectivity index (χ0n) is 14.7. The summed E-state index contributed by atoms with van der Waals surface area (Å²) in [6.45, 7) is 2.59. The predicted molar refractivity (Wildman–Crippen MR) is 102 cm³/mol. The van der Waals surface area contributed by atoms with E-state index >= 15 is 0 Å². The summed E-state index contributed by atoms with van der Waals surface area (Å²) in [6, 6.07) is 9.31. The van der Waals surface area contributed by atoms with Crippen molar-refractivity contribution in [2.45, 2.75) is 19.8 Å². The van der Waals surface area contributed by atoms with Crippen LogP contribution in [0, 0.1) is 6.92 Å². The second kappa shape index (κ2) is 7.66. The number of nitrogen functional groups attached to an aromatic ring is 1. The van der Waals surface area contributed by atoms with Gasteiger partial charge >= 0.3 is 0 Å². The number of rotatable bonds is 3. The summed E-state index contributed by atoms with van der Waals surface area (Å²) in [4.78, 5) is 15.0. The van der Waals surface area contributed by atoms with Crippen LogP contribution in [-0.4, -0.2) is 26.7 Å². The molecular formula is C19H23ClN2O3. The maximum absolute atomic E-state index is 13.2. The number of hydrogen-bond acceptors (Lipinski definition) is 4. The SMILES string of the molecule is COc1cc(C)c(C(=O)N2CCCc3c(N)cccc32)cc1OC.Cl. The number of halogens is 1. The van der Waals surface area contributed by atoms with E-state index in [1.807, 2.05) is 36.1 Å². The number of nitrogens with two attached hydrogens (primary N) is 1. The summed E-state index contributed by atoms with van der Waals surface area (Å²) in [5.74, 6) is 1.13. The topological polar surface area (TPSA) is 64.8 Å². The number of amides is 1. The van der Waals surface area contributed by atoms with Gasteiger partial charge in [-0.1, -0.05) is 6.07 Å². The van der Waals surface area contributed by atoms with Gasteiger partial charge in [-0.25, -0.2) is 0 Å². The first-order valence-corrected chi connectivity index (χ1v) is 7.98. The number of hydrogen-bond donors (Lipinski definition) is 1. The Morgan fingerprint density at radius 1 is 1.16 bits per heavy atom. The Kier molecular flexibility index (Phi) is 5.80. The standard InChI is InChI=1S/C19H22N2O3.ClH/c1-12-10-17(23-2)18(24-3)11-14(12)19(22)21-9-5-6-13-15(20)7-4-8-16(13)21;/h4,7-8,10-11H,5-6,9,20H2,1-3H3;1H. The summed E-state index contributed by atoms with van der Waals surface area (Å²) in [5.41, 5.74) is 10.2. The van der Waals surface area contributed by atoms with Gasteiger partial charge in [0, 0.05) is 23.5 Å². The van der Waals surface area contributed by atoms with Crippen molar-refractivity contribution in [1.29, 1.82) is 0 Å². The molecule has 0 saturated carbocycles. The molecule has 0 atom stereocenters. The molecule has 0 radical (unpaired) electrons. The van der Waals surface area contributed by atoms with E-state index in [0.717, 1.165) is 35.3 Å². The second-order valence-electron chi connectivity index (χ2n) is 5.93. The fourth-order valence-electron chi connectivity index (χ4n) is 3.22. The molecule has 0 fully saturated rings. The van der Waals surface area contributed by atoms with Crippen LogP contribution in [0.2, 0.25) is 0 Å². The van der Waals surface area contributed by atoms with E-state index in [-0.39, 0.29) is 18.3 Å². The molecule has 1 aliphatic rings. The lowest BCUT2D eigenvalue weighted by molar-refractivity contribution is 0.0984. The number of carbonyl (C=O) groups is 1. The van der Waals surface area contributed by atoms with Crippen molar-refractivity contribution in [2.24, 2.45) is 0 Å². The molecule has 5 nitrogen and oxygen atoms in total. The number of aryl methyl sites for hydroxylation is 1. The van der Waals surface area contributed by atoms with Crippen LogP contribution in [0.15, 0.2) is 30.3 Å². The van der Waals surface area contributed by atoms with Crippen LogP contribution in [0.3, 0.4) is 0 Å². The monoisotopic (exact) mass is 362 g/mol. The van der Waals surface area contributed by atoms with E-state index < -0.39 is 0 Å². The van der Waals surface area contributed by atoms with Gasteiger partial charge in [-0.05, 0) is 55.2 Å². The quantitative estimate of drug-likeness (QED) is 0.847. The van der Waals surface area contributed by atoms with E-state index in [0.29, 0.717) is 23.6 Å². The molecule has 6 heteroatoms. The molecule has 1 heterocycles. The lowest BCUT2D eigenvalue weighted by Gasteiger charge is -2.31. The Balaban J connectivity index is 0.00000225. The first kappa shape index (κ1) is 18.9. The van der Waals surface area contributed by atoms with Gasteiger partial charge in [-0.2, -0.15) is 0 Å². The van der Waals surface area contributed by atoms with Crippen LogP contribution in [-0.2, 0) is 6.42 Å². The first-order chi connectivity index (χ1) is 11.6. The van der Waals surface area contributed by atoms with Crippen molar-refractivity contribution in [3.8, 4) is 11.5 Å². The average Bonchev–Trinajstić information content (AvgIpc) is 2.60. The highest BCUT2D eigenvalue weighted by atomic mass is 35.5. The number of benzene rings is 2. The highest BCUT2D eigenvalue weighted by Crippen LogP contribution is 2.35. The lowest BCUT2D eigenvalue weighted by atomic mass is 9.98. The van der Waals surface area contributed by atoms with Crippen LogP contribution in [0.1, 0.15) is 27.9 Å². The van der Waals surface area contributed by atoms with Crippen LogP contribution >= 0.6 is 12.4 Å². The molecule has 0 aliphatic carbocycles. The molecular weight excluding hydrogens is 340 g/mol. The largest absolute Gasteiger partial charge is 0.493 e. The molecule has 0 spiro atoms. The molecule has 25 heavy (non-hydrogen) atoms. The summed E-state index contributed by atoms with van der Waals surface area (Å²) < 4.78 is 10.6. The predicted octanol–water partition coefficient (Wildman–Crippen LogP) is 3.61. The molecule has 0 bridgehead atoms. The Morgan fingerprint density at radius 2 is 1.84 bits per heavy atom. The van der Waals surface area contributed by atoms with E-state index in [1.54, 1.807) is 20.3 Å². The molecule has 2 aromatic carbocycles. The second-order valence-corrected chi connectivity index (χ2v) is 5.93. The number of anilines is 2. The van der Waals surface area contributed by atoms with Gasteiger partial charge in [0.2, 0.25) is 0 Å². The van der Waals surface area contributed by atoms with Crippen LogP contribution in [0.5, 0.6) is 11.5 Å². The number of carbonyl (C=O) groups excluding carboxylic acids is 1. The molecule has 1 aliphatic heterocycles. The fraction of sp³-hybridized carbons (Fsp3) is 0.316. The Bertz CT molecular complexity index is 792. The maximum atomic E-state index is 13.2. The van der Waals surface area contributed by atoms with Crippen molar-refractivity contribution < 1.29 is 14.3 Å². The fourth-order valence-corrected chi connectivity index (χ4v) is 3.22. The summed E-state index contributed by atoms with van der Waals surface area (Å²) in [5, 5.41) is 0. The van der Waals surface area contributed by atoms with Gasteiger partial charge in [-0.15, -0.1) is 12.4 Å².